The minimum Gasteiger partial charge on any atom is -0.480 e. The van der Waals surface area contributed by atoms with E-state index in [9.17, 15) is 45.5 Å². The van der Waals surface area contributed by atoms with Crippen LogP contribution in [0.25, 0.3) is 0 Å². The maximum absolute atomic E-state index is 12.7. The van der Waals surface area contributed by atoms with Crippen LogP contribution < -0.4 is 0 Å². The molecular formula is C24H36F6N2O8. The van der Waals surface area contributed by atoms with Crippen molar-refractivity contribution in [2.75, 3.05) is 13.1 Å². The third kappa shape index (κ3) is 10.9. The maximum Gasteiger partial charge on any atom is 0.411 e. The van der Waals surface area contributed by atoms with Crippen LogP contribution in [0.2, 0.25) is 0 Å². The number of piperidine rings is 2. The third-order valence-corrected chi connectivity index (χ3v) is 5.92. The molecule has 4 atom stereocenters. The fourth-order valence-corrected chi connectivity index (χ4v) is 4.03. The van der Waals surface area contributed by atoms with Gasteiger partial charge in [-0.25, -0.2) is 19.2 Å². The second kappa shape index (κ2) is 12.7. The molecule has 232 valence electrons. The number of rotatable bonds is 2. The molecule has 2 saturated heterocycles. The number of amides is 2. The van der Waals surface area contributed by atoms with Gasteiger partial charge in [0.25, 0.3) is 0 Å². The number of ether oxygens (including phenoxy) is 2. The van der Waals surface area contributed by atoms with Gasteiger partial charge in [-0.15, -0.1) is 0 Å². The molecule has 10 nitrogen and oxygen atoms in total. The normalized spacial score (nSPS) is 24.4. The number of likely N-dealkylation sites (tertiary alicyclic amines) is 2. The van der Waals surface area contributed by atoms with E-state index in [-0.39, 0.29) is 25.7 Å². The second-order valence-corrected chi connectivity index (χ2v) is 11.6. The lowest BCUT2D eigenvalue weighted by atomic mass is 9.92. The molecule has 2 amide bonds. The molecule has 2 heterocycles. The van der Waals surface area contributed by atoms with Crippen molar-refractivity contribution in [2.45, 2.75) is 103 Å². The molecule has 2 rings (SSSR count). The Morgan fingerprint density at radius 2 is 0.875 bits per heavy atom. The van der Waals surface area contributed by atoms with E-state index in [1.807, 2.05) is 0 Å². The summed E-state index contributed by atoms with van der Waals surface area (Å²) in [6.45, 7) is 8.00. The Morgan fingerprint density at radius 1 is 0.600 bits per heavy atom. The summed E-state index contributed by atoms with van der Waals surface area (Å²) in [7, 11) is 0. The first kappa shape index (κ1) is 35.1. The van der Waals surface area contributed by atoms with E-state index >= 15 is 0 Å². The highest BCUT2D eigenvalue weighted by Gasteiger charge is 2.49. The smallest absolute Gasteiger partial charge is 0.411 e. The van der Waals surface area contributed by atoms with E-state index in [1.165, 1.54) is 0 Å². The van der Waals surface area contributed by atoms with Crippen LogP contribution in [0.1, 0.15) is 67.2 Å². The summed E-state index contributed by atoms with van der Waals surface area (Å²) in [4.78, 5) is 47.2. The molecule has 0 saturated carbocycles. The summed E-state index contributed by atoms with van der Waals surface area (Å²) in [6.07, 6.45) is -12.1. The van der Waals surface area contributed by atoms with Crippen LogP contribution in [0.4, 0.5) is 35.9 Å². The summed E-state index contributed by atoms with van der Waals surface area (Å²) in [6, 6.07) is -2.55. The van der Waals surface area contributed by atoms with Gasteiger partial charge < -0.3 is 19.7 Å². The van der Waals surface area contributed by atoms with Crippen LogP contribution in [0.15, 0.2) is 0 Å². The summed E-state index contributed by atoms with van der Waals surface area (Å²) in [5.41, 5.74) is -1.80. The molecule has 0 aliphatic carbocycles. The second-order valence-electron chi connectivity index (χ2n) is 11.6. The Morgan fingerprint density at radius 3 is 1.07 bits per heavy atom. The van der Waals surface area contributed by atoms with Crippen LogP contribution >= 0.6 is 0 Å². The summed E-state index contributed by atoms with van der Waals surface area (Å²) in [5, 5.41) is 18.0. The van der Waals surface area contributed by atoms with E-state index in [4.69, 9.17) is 19.7 Å². The van der Waals surface area contributed by atoms with Crippen molar-refractivity contribution in [2.24, 2.45) is 11.8 Å². The highest BCUT2D eigenvalue weighted by Crippen LogP contribution is 2.37. The lowest BCUT2D eigenvalue weighted by Gasteiger charge is -2.38. The van der Waals surface area contributed by atoms with E-state index in [0.29, 0.717) is 9.80 Å². The van der Waals surface area contributed by atoms with Crippen LogP contribution in [0, 0.1) is 11.8 Å². The number of carbonyl (C=O) groups is 4. The predicted molar refractivity (Wildman–Crippen MR) is 126 cm³/mol. The quantitative estimate of drug-likeness (QED) is 0.412. The largest absolute Gasteiger partial charge is 0.480 e. The molecule has 2 N–H and O–H groups in total. The molecule has 40 heavy (non-hydrogen) atoms. The molecule has 0 spiro atoms. The maximum atomic E-state index is 12.7. The Kier molecular flexibility index (Phi) is 11.1. The first-order valence-electron chi connectivity index (χ1n) is 12.4. The Labute approximate surface area is 227 Å². The number of hydrogen-bond donors (Lipinski definition) is 2. The Bertz CT molecular complexity index is 852. The van der Waals surface area contributed by atoms with Crippen molar-refractivity contribution in [1.82, 2.24) is 9.80 Å². The SMILES string of the molecule is CC(C)(C)OC(=O)N1C[C@@H](C(F)(F)F)CC[C@H]1C(=O)O.CC(C)(C)OC(=O)N1C[C@H](C(F)(F)F)CC[C@@H]1C(=O)O. The van der Waals surface area contributed by atoms with Gasteiger partial charge in [0.1, 0.15) is 23.3 Å². The predicted octanol–water partition coefficient (Wildman–Crippen LogP) is 5.30. The van der Waals surface area contributed by atoms with Gasteiger partial charge >= 0.3 is 36.5 Å². The molecule has 0 radical (unpaired) electrons. The third-order valence-electron chi connectivity index (χ3n) is 5.92. The minimum absolute atomic E-state index is 0.237. The van der Waals surface area contributed by atoms with E-state index < -0.39 is 84.7 Å². The molecule has 16 heteroatoms. The van der Waals surface area contributed by atoms with Gasteiger partial charge in [-0.2, -0.15) is 26.3 Å². The highest BCUT2D eigenvalue weighted by molar-refractivity contribution is 5.81. The van der Waals surface area contributed by atoms with Crippen LogP contribution in [0.5, 0.6) is 0 Å². The van der Waals surface area contributed by atoms with Gasteiger partial charge in [0, 0.05) is 13.1 Å². The molecule has 0 aromatic carbocycles. The molecule has 2 aliphatic heterocycles. The topological polar surface area (TPSA) is 134 Å². The van der Waals surface area contributed by atoms with Crippen LogP contribution in [0.3, 0.4) is 0 Å². The molecule has 0 bridgehead atoms. The minimum atomic E-state index is -4.45. The Hall–Kier alpha value is -2.94. The standard InChI is InChI=1S/2C12H18F3NO4/c2*1-11(2,3)20-10(19)16-6-7(12(13,14)15)4-5-8(16)9(17)18/h2*7-8H,4-6H2,1-3H3,(H,17,18)/t2*7-,8-/m10/s1. The lowest BCUT2D eigenvalue weighted by Crippen LogP contribution is -2.54. The summed E-state index contributed by atoms with van der Waals surface area (Å²) in [5.74, 6) is -6.08. The van der Waals surface area contributed by atoms with Crippen LogP contribution in [-0.2, 0) is 19.1 Å². The van der Waals surface area contributed by atoms with Crippen LogP contribution in [-0.4, -0.2) is 92.9 Å². The highest BCUT2D eigenvalue weighted by atomic mass is 19.4. The van der Waals surface area contributed by atoms with Gasteiger partial charge in [-0.3, -0.25) is 9.80 Å². The number of hydrogen-bond acceptors (Lipinski definition) is 6. The van der Waals surface area contributed by atoms with Gasteiger partial charge in [-0.1, -0.05) is 0 Å². The molecule has 0 unspecified atom stereocenters. The number of halogens is 6. The van der Waals surface area contributed by atoms with Gasteiger partial charge in [0.15, 0.2) is 0 Å². The zero-order valence-electron chi connectivity index (χ0n) is 23.1. The lowest BCUT2D eigenvalue weighted by molar-refractivity contribution is -0.191. The molecule has 0 aromatic rings. The van der Waals surface area contributed by atoms with E-state index in [2.05, 4.69) is 0 Å². The number of carboxylic acid groups (broad SMARTS) is 2. The summed E-state index contributed by atoms with van der Waals surface area (Å²) < 4.78 is 86.3. The van der Waals surface area contributed by atoms with Crippen molar-refractivity contribution in [3.63, 3.8) is 0 Å². The van der Waals surface area contributed by atoms with Gasteiger partial charge in [-0.05, 0) is 67.2 Å². The van der Waals surface area contributed by atoms with Crippen molar-refractivity contribution >= 4 is 24.1 Å². The summed E-state index contributed by atoms with van der Waals surface area (Å²) >= 11 is 0. The van der Waals surface area contributed by atoms with E-state index in [1.54, 1.807) is 41.5 Å². The number of alkyl halides is 6. The number of carboxylic acids is 2. The molecular weight excluding hydrogens is 558 g/mol. The number of aliphatic carboxylic acids is 2. The fourth-order valence-electron chi connectivity index (χ4n) is 4.03. The molecule has 2 aliphatic rings. The monoisotopic (exact) mass is 594 g/mol. The zero-order valence-corrected chi connectivity index (χ0v) is 23.1. The average molecular weight is 595 g/mol. The first-order chi connectivity index (χ1) is 17.8. The Balaban J connectivity index is 0.000000400. The first-order valence-corrected chi connectivity index (χ1v) is 12.4. The molecule has 2 fully saturated rings. The molecule has 0 aromatic heterocycles. The van der Waals surface area contributed by atoms with Crippen molar-refractivity contribution < 1.29 is 65.2 Å². The zero-order chi connectivity index (χ0) is 31.4. The number of carbonyl (C=O) groups excluding carboxylic acids is 2. The van der Waals surface area contributed by atoms with Gasteiger partial charge in [0.2, 0.25) is 0 Å². The van der Waals surface area contributed by atoms with E-state index in [0.717, 1.165) is 0 Å². The average Bonchev–Trinajstić information content (AvgIpc) is 2.75. The van der Waals surface area contributed by atoms with Crippen molar-refractivity contribution in [1.29, 1.82) is 0 Å². The number of nitrogens with zero attached hydrogens (tertiary/aromatic N) is 2. The van der Waals surface area contributed by atoms with Gasteiger partial charge in [0.05, 0.1) is 11.8 Å². The fraction of sp³-hybridized carbons (Fsp3) is 0.833. The van der Waals surface area contributed by atoms with Crippen molar-refractivity contribution in [3.05, 3.63) is 0 Å². The van der Waals surface area contributed by atoms with Crippen molar-refractivity contribution in [3.8, 4) is 0 Å².